The molecule has 0 aromatic carbocycles. The van der Waals surface area contributed by atoms with E-state index in [1.54, 1.807) is 52.1 Å². The number of Topliss-reactive ketones (excluding diaryl/α,β-unsaturated/α-hetero) is 3. The lowest BCUT2D eigenvalue weighted by Gasteiger charge is -2.42. The normalized spacial score (nSPS) is 38.3. The lowest BCUT2D eigenvalue weighted by atomic mass is 9.77. The number of aliphatic hydroxyl groups is 2. The molecule has 1 saturated carbocycles. The van der Waals surface area contributed by atoms with E-state index >= 15 is 0 Å². The minimum atomic E-state index is -2.41. The van der Waals surface area contributed by atoms with E-state index in [4.69, 9.17) is 23.7 Å². The number of piperidine rings is 1. The monoisotopic (exact) mass is 970 g/mol. The van der Waals surface area contributed by atoms with Crippen LogP contribution in [0, 0.1) is 35.5 Å². The van der Waals surface area contributed by atoms with E-state index in [-0.39, 0.29) is 72.9 Å². The summed E-state index contributed by atoms with van der Waals surface area (Å²) in [7, 11) is 4.69. The van der Waals surface area contributed by atoms with E-state index in [0.29, 0.717) is 56.9 Å². The number of nitrogens with zero attached hydrogens (tertiary/aromatic N) is 5. The van der Waals surface area contributed by atoms with Gasteiger partial charge in [-0.25, -0.2) is 9.48 Å². The van der Waals surface area contributed by atoms with Gasteiger partial charge in [-0.2, -0.15) is 0 Å². The van der Waals surface area contributed by atoms with Crippen LogP contribution in [0.3, 0.4) is 0 Å². The fraction of sp³-hybridized carbons (Fsp3) is 0.808. The maximum absolute atomic E-state index is 14.5. The van der Waals surface area contributed by atoms with Crippen LogP contribution in [-0.4, -0.2) is 141 Å². The SMILES string of the molecule is CO[C@H]1C[C@@H]2CC[C@@H](C)[C@@](O)(O2)C(=O)C(=O)N2CCCC[C@H]2C(=O)O[C@H]([C@H](C)C[C@@H]2CC[C@H](n3cnnn3)[C@H](OC)C2)CC(=O)[C@H](C)/C=C(\C)[C@@H](O)[C@@H](OC)C(=O)[C@H](C)C[C@H](C)CCCC/C=C/1C. The zero-order valence-electron chi connectivity index (χ0n) is 43.0. The fourth-order valence-corrected chi connectivity index (χ4v) is 11.3. The lowest BCUT2D eigenvalue weighted by Crippen LogP contribution is -2.61. The summed E-state index contributed by atoms with van der Waals surface area (Å²) in [4.78, 5) is 72.4. The number of tetrazole rings is 1. The van der Waals surface area contributed by atoms with Crippen LogP contribution in [0.25, 0.3) is 0 Å². The third kappa shape index (κ3) is 14.5. The van der Waals surface area contributed by atoms with Gasteiger partial charge in [0.2, 0.25) is 5.79 Å². The topological polar surface area (TPSA) is 219 Å². The van der Waals surface area contributed by atoms with E-state index in [1.807, 2.05) is 20.8 Å². The molecule has 4 heterocycles. The molecule has 2 saturated heterocycles. The molecule has 2 bridgehead atoms. The number of hydrogen-bond donors (Lipinski definition) is 2. The molecular formula is C52H83N5O12. The van der Waals surface area contributed by atoms with E-state index in [0.717, 1.165) is 44.1 Å². The van der Waals surface area contributed by atoms with E-state index < -0.39 is 65.7 Å². The van der Waals surface area contributed by atoms with Crippen molar-refractivity contribution in [3.63, 3.8) is 0 Å². The Morgan fingerprint density at radius 3 is 2.29 bits per heavy atom. The van der Waals surface area contributed by atoms with Gasteiger partial charge in [-0.1, -0.05) is 59.6 Å². The number of fused-ring (bicyclic) bond motifs is 3. The average Bonchev–Trinajstić information content (AvgIpc) is 3.88. The van der Waals surface area contributed by atoms with Gasteiger partial charge in [-0.15, -0.1) is 5.10 Å². The summed E-state index contributed by atoms with van der Waals surface area (Å²) in [6.07, 6.45) is 10.6. The first kappa shape index (κ1) is 56.2. The number of amides is 1. The van der Waals surface area contributed by atoms with Crippen molar-refractivity contribution in [3.05, 3.63) is 29.6 Å². The zero-order valence-corrected chi connectivity index (χ0v) is 43.0. The Hall–Kier alpha value is -3.74. The Labute approximate surface area is 409 Å². The largest absolute Gasteiger partial charge is 0.460 e. The number of methoxy groups -OCH3 is 3. The molecule has 0 radical (unpaired) electrons. The van der Waals surface area contributed by atoms with Crippen molar-refractivity contribution in [2.75, 3.05) is 27.9 Å². The minimum absolute atomic E-state index is 0.0468. The van der Waals surface area contributed by atoms with Gasteiger partial charge in [-0.3, -0.25) is 19.2 Å². The zero-order chi connectivity index (χ0) is 50.6. The van der Waals surface area contributed by atoms with Crippen molar-refractivity contribution >= 4 is 29.2 Å². The first-order valence-corrected chi connectivity index (χ1v) is 25.7. The van der Waals surface area contributed by atoms with Crippen molar-refractivity contribution in [2.45, 2.75) is 206 Å². The van der Waals surface area contributed by atoms with Gasteiger partial charge < -0.3 is 38.8 Å². The van der Waals surface area contributed by atoms with Crippen LogP contribution in [-0.2, 0) is 47.7 Å². The van der Waals surface area contributed by atoms with Crippen molar-refractivity contribution in [1.82, 2.24) is 25.1 Å². The Morgan fingerprint density at radius 2 is 1.61 bits per heavy atom. The number of esters is 1. The van der Waals surface area contributed by atoms with Crippen LogP contribution in [0.4, 0.5) is 0 Å². The van der Waals surface area contributed by atoms with Gasteiger partial charge in [0, 0.05) is 58.5 Å². The molecule has 2 N–H and O–H groups in total. The van der Waals surface area contributed by atoms with Gasteiger partial charge >= 0.3 is 5.97 Å². The predicted molar refractivity (Wildman–Crippen MR) is 256 cm³/mol. The molecule has 0 unspecified atom stereocenters. The van der Waals surface area contributed by atoms with Gasteiger partial charge in [0.1, 0.15) is 36.5 Å². The molecule has 4 aliphatic rings. The summed E-state index contributed by atoms with van der Waals surface area (Å²) >= 11 is 0. The van der Waals surface area contributed by atoms with Crippen LogP contribution < -0.4 is 0 Å². The summed E-state index contributed by atoms with van der Waals surface area (Å²) in [6, 6.07) is -1.18. The number of aromatic nitrogens is 4. The maximum atomic E-state index is 14.5. The number of rotatable bonds is 7. The Morgan fingerprint density at radius 1 is 0.870 bits per heavy atom. The third-order valence-electron chi connectivity index (χ3n) is 15.8. The van der Waals surface area contributed by atoms with Crippen LogP contribution in [0.2, 0.25) is 0 Å². The standard InChI is InChI=1S/C52H83N5O12/c1-31-16-12-11-13-17-32(2)43(65-8)28-39-21-19-37(7)52(64,69-39)49(61)50(62)56-23-15-14-18-41(56)51(63)68-44(34(4)26-38-20-22-40(45(27-38)66-9)57-30-53-54-55-57)29-42(58)33(3)25-36(6)47(60)48(67-10)46(59)35(5)24-31/h17,25,30-31,33-35,37-41,43-45,47-48,60,64H,11-16,18-24,26-29H2,1-10H3/b32-17+,36-25+/t31-,33-,34-,35-,37-,38+,39+,40+,41+,43+,44+,45-,47-,48+,52-/m1/s1. The third-order valence-corrected chi connectivity index (χ3v) is 15.8. The number of cyclic esters (lactones) is 1. The average molecular weight is 970 g/mol. The van der Waals surface area contributed by atoms with Crippen molar-refractivity contribution in [2.24, 2.45) is 35.5 Å². The number of allylic oxidation sites excluding steroid dienone is 2. The van der Waals surface area contributed by atoms with Crippen molar-refractivity contribution in [3.8, 4) is 0 Å². The second kappa shape index (κ2) is 26.1. The molecule has 3 aliphatic heterocycles. The highest BCUT2D eigenvalue weighted by Gasteiger charge is 2.53. The molecule has 15 atom stereocenters. The second-order valence-corrected chi connectivity index (χ2v) is 21.1. The second-order valence-electron chi connectivity index (χ2n) is 21.1. The number of aliphatic hydroxyl groups excluding tert-OH is 1. The van der Waals surface area contributed by atoms with Crippen molar-refractivity contribution in [1.29, 1.82) is 0 Å². The van der Waals surface area contributed by atoms with Gasteiger partial charge in [0.05, 0.1) is 24.4 Å². The number of carbonyl (C=O) groups is 5. The predicted octanol–water partition coefficient (Wildman–Crippen LogP) is 6.50. The smallest absolute Gasteiger partial charge is 0.329 e. The van der Waals surface area contributed by atoms with E-state index in [1.165, 1.54) is 12.0 Å². The maximum Gasteiger partial charge on any atom is 0.329 e. The molecule has 1 aromatic heterocycles. The molecule has 5 rings (SSSR count). The Kier molecular flexibility index (Phi) is 21.3. The summed E-state index contributed by atoms with van der Waals surface area (Å²) < 4.78 is 31.7. The van der Waals surface area contributed by atoms with Crippen LogP contribution in [0.1, 0.15) is 157 Å². The molecule has 1 aliphatic carbocycles. The van der Waals surface area contributed by atoms with Crippen LogP contribution in [0.5, 0.6) is 0 Å². The molecule has 1 aromatic rings. The molecule has 388 valence electrons. The van der Waals surface area contributed by atoms with Crippen LogP contribution in [0.15, 0.2) is 29.6 Å². The number of hydrogen-bond acceptors (Lipinski definition) is 15. The van der Waals surface area contributed by atoms with E-state index in [2.05, 4.69) is 28.5 Å². The highest BCUT2D eigenvalue weighted by atomic mass is 16.6. The fourth-order valence-electron chi connectivity index (χ4n) is 11.3. The molecule has 17 heteroatoms. The minimum Gasteiger partial charge on any atom is -0.460 e. The molecule has 1 amide bonds. The summed E-state index contributed by atoms with van der Waals surface area (Å²) in [5.74, 6) is -7.43. The summed E-state index contributed by atoms with van der Waals surface area (Å²) in [5.41, 5.74) is 1.41. The molecular weight excluding hydrogens is 887 g/mol. The van der Waals surface area contributed by atoms with E-state index in [9.17, 15) is 34.2 Å². The summed E-state index contributed by atoms with van der Waals surface area (Å²) in [6.45, 7) is 13.1. The molecule has 69 heavy (non-hydrogen) atoms. The molecule has 3 fully saturated rings. The first-order chi connectivity index (χ1) is 32.8. The number of carbonyl (C=O) groups excluding carboxylic acids is 5. The van der Waals surface area contributed by atoms with Crippen LogP contribution >= 0.6 is 0 Å². The Bertz CT molecular complexity index is 1930. The highest BCUT2D eigenvalue weighted by molar-refractivity contribution is 6.39. The van der Waals surface area contributed by atoms with Gasteiger partial charge in [-0.05, 0) is 130 Å². The van der Waals surface area contributed by atoms with Gasteiger partial charge in [0.25, 0.3) is 11.7 Å². The summed E-state index contributed by atoms with van der Waals surface area (Å²) in [5, 5.41) is 35.2. The molecule has 17 nitrogen and oxygen atoms in total. The molecule has 0 spiro atoms. The highest BCUT2D eigenvalue weighted by Crippen LogP contribution is 2.39. The Balaban J connectivity index is 1.44. The first-order valence-electron chi connectivity index (χ1n) is 25.7. The van der Waals surface area contributed by atoms with Crippen molar-refractivity contribution < 1.29 is 57.9 Å². The number of ether oxygens (including phenoxy) is 5. The van der Waals surface area contributed by atoms with Gasteiger partial charge in [0.15, 0.2) is 5.78 Å². The number of ketones is 3. The lowest BCUT2D eigenvalue weighted by molar-refractivity contribution is -0.265. The quantitative estimate of drug-likeness (QED) is 0.169.